The van der Waals surface area contributed by atoms with Gasteiger partial charge < -0.3 is 9.64 Å². The first-order chi connectivity index (χ1) is 10.8. The summed E-state index contributed by atoms with van der Waals surface area (Å²) in [6.07, 6.45) is 0.508. The van der Waals surface area contributed by atoms with Crippen molar-refractivity contribution < 1.29 is 19.4 Å². The fourth-order valence-corrected chi connectivity index (χ4v) is 2.98. The van der Waals surface area contributed by atoms with Gasteiger partial charge >= 0.3 is 5.97 Å². The number of hydrogen-bond acceptors (Lipinski definition) is 3. The van der Waals surface area contributed by atoms with Crippen molar-refractivity contribution in [1.82, 2.24) is 0 Å². The maximum absolute atomic E-state index is 11.2. The smallest absolute Gasteiger partial charge is 0.311 e. The predicted molar refractivity (Wildman–Crippen MR) is 84.9 cm³/mol. The van der Waals surface area contributed by atoms with Crippen LogP contribution in [0.1, 0.15) is 6.42 Å². The van der Waals surface area contributed by atoms with E-state index in [4.69, 9.17) is 4.74 Å². The van der Waals surface area contributed by atoms with Crippen molar-refractivity contribution in [2.45, 2.75) is 6.42 Å². The summed E-state index contributed by atoms with van der Waals surface area (Å²) >= 11 is 0. The molecule has 2 aromatic rings. The molecule has 1 aliphatic heterocycles. The summed E-state index contributed by atoms with van der Waals surface area (Å²) in [5.41, 5.74) is 1.17. The van der Waals surface area contributed by atoms with Gasteiger partial charge in [-0.25, -0.2) is 4.98 Å². The van der Waals surface area contributed by atoms with Crippen LogP contribution in [0.5, 0.6) is 0 Å². The Hall–Kier alpha value is -2.14. The van der Waals surface area contributed by atoms with E-state index in [0.717, 1.165) is 32.7 Å². The van der Waals surface area contributed by atoms with E-state index in [1.807, 2.05) is 0 Å². The summed E-state index contributed by atoms with van der Waals surface area (Å²) in [6.45, 7) is 4.98. The lowest BCUT2D eigenvalue weighted by atomic mass is 10.2. The van der Waals surface area contributed by atoms with E-state index >= 15 is 0 Å². The highest BCUT2D eigenvalue weighted by Gasteiger charge is 2.26. The molecule has 3 rings (SSSR count). The van der Waals surface area contributed by atoms with E-state index in [2.05, 4.69) is 46.3 Å². The van der Waals surface area contributed by atoms with Crippen molar-refractivity contribution in [2.75, 3.05) is 44.7 Å². The summed E-state index contributed by atoms with van der Waals surface area (Å²) in [5, 5.41) is 1.23. The second-order valence-corrected chi connectivity index (χ2v) is 5.74. The molecule has 0 bridgehead atoms. The van der Waals surface area contributed by atoms with Crippen LogP contribution >= 0.6 is 0 Å². The third kappa shape index (κ3) is 3.36. The van der Waals surface area contributed by atoms with Crippen LogP contribution < -0.4 is 14.8 Å². The maximum atomic E-state index is 11.2. The zero-order chi connectivity index (χ0) is 15.4. The standard InChI is InChI=1S/C17H21N3O2/c1-22-17(21)8-9-19-10-12-20(13-11-19)16-7-6-14-4-2-3-5-15(14)18-16/h2-7H,8-13H2,1H3/p+2. The number of carbonyl (C=O) groups is 1. The van der Waals surface area contributed by atoms with Gasteiger partial charge in [0.25, 0.3) is 5.82 Å². The molecule has 2 heterocycles. The van der Waals surface area contributed by atoms with E-state index < -0.39 is 0 Å². The molecule has 5 nitrogen and oxygen atoms in total. The number of para-hydroxylation sites is 1. The Kier molecular flexibility index (Phi) is 4.53. The zero-order valence-electron chi connectivity index (χ0n) is 13.0. The van der Waals surface area contributed by atoms with Gasteiger partial charge in [0, 0.05) is 11.5 Å². The third-order valence-corrected chi connectivity index (χ3v) is 4.37. The van der Waals surface area contributed by atoms with E-state index in [0.29, 0.717) is 6.42 Å². The van der Waals surface area contributed by atoms with Crippen LogP contribution in [0.3, 0.4) is 0 Å². The molecule has 1 aromatic heterocycles. The van der Waals surface area contributed by atoms with Gasteiger partial charge in [0.1, 0.15) is 31.7 Å². The minimum Gasteiger partial charge on any atom is -0.469 e. The number of aromatic amines is 1. The number of nitrogens with one attached hydrogen (secondary N) is 2. The van der Waals surface area contributed by atoms with Crippen LogP contribution in [0.25, 0.3) is 10.9 Å². The number of pyridine rings is 1. The lowest BCUT2D eigenvalue weighted by Crippen LogP contribution is -3.15. The first-order valence-electron chi connectivity index (χ1n) is 7.82. The molecule has 0 atom stereocenters. The number of esters is 1. The Morgan fingerprint density at radius 3 is 2.77 bits per heavy atom. The number of nitrogens with zero attached hydrogens (tertiary/aromatic N) is 1. The summed E-state index contributed by atoms with van der Waals surface area (Å²) in [6, 6.07) is 12.7. The largest absolute Gasteiger partial charge is 0.469 e. The van der Waals surface area contributed by atoms with E-state index in [9.17, 15) is 4.79 Å². The van der Waals surface area contributed by atoms with Crippen molar-refractivity contribution in [3.63, 3.8) is 0 Å². The van der Waals surface area contributed by atoms with Crippen molar-refractivity contribution >= 4 is 22.7 Å². The number of H-pyrrole nitrogens is 1. The Balaban J connectivity index is 1.59. The third-order valence-electron chi connectivity index (χ3n) is 4.37. The minimum absolute atomic E-state index is 0.113. The molecule has 22 heavy (non-hydrogen) atoms. The van der Waals surface area contributed by atoms with Gasteiger partial charge in [-0.3, -0.25) is 9.69 Å². The molecule has 0 amide bonds. The van der Waals surface area contributed by atoms with Crippen LogP contribution in [0.4, 0.5) is 5.82 Å². The highest BCUT2D eigenvalue weighted by Crippen LogP contribution is 2.13. The number of benzene rings is 1. The number of hydrogen-bond donors (Lipinski definition) is 1. The lowest BCUT2D eigenvalue weighted by molar-refractivity contribution is -0.900. The van der Waals surface area contributed by atoms with Crippen molar-refractivity contribution in [2.24, 2.45) is 0 Å². The molecule has 2 N–H and O–H groups in total. The summed E-state index contributed by atoms with van der Waals surface area (Å²) in [7, 11) is 1.45. The minimum atomic E-state index is -0.113. The Morgan fingerprint density at radius 1 is 1.23 bits per heavy atom. The topological polar surface area (TPSA) is 48.1 Å². The van der Waals surface area contributed by atoms with Gasteiger partial charge in [0.05, 0.1) is 20.1 Å². The highest BCUT2D eigenvalue weighted by atomic mass is 16.5. The Labute approximate surface area is 130 Å². The normalized spacial score (nSPS) is 16.0. The number of quaternary nitrogens is 1. The second-order valence-electron chi connectivity index (χ2n) is 5.74. The van der Waals surface area contributed by atoms with Crippen molar-refractivity contribution in [3.05, 3.63) is 36.4 Å². The molecular weight excluding hydrogens is 278 g/mol. The van der Waals surface area contributed by atoms with Gasteiger partial charge in [-0.15, -0.1) is 0 Å². The van der Waals surface area contributed by atoms with E-state index in [1.165, 1.54) is 28.7 Å². The molecule has 1 fully saturated rings. The number of piperazine rings is 1. The van der Waals surface area contributed by atoms with Crippen LogP contribution in [-0.2, 0) is 9.53 Å². The van der Waals surface area contributed by atoms with E-state index in [-0.39, 0.29) is 5.97 Å². The number of rotatable bonds is 4. The molecule has 5 heteroatoms. The molecule has 1 saturated heterocycles. The second kappa shape index (κ2) is 6.75. The molecule has 0 spiro atoms. The summed E-state index contributed by atoms with van der Waals surface area (Å²) in [4.78, 5) is 18.6. The van der Waals surface area contributed by atoms with Crippen LogP contribution in [0.2, 0.25) is 0 Å². The average molecular weight is 301 g/mol. The Bertz CT molecular complexity index is 651. The Morgan fingerprint density at radius 2 is 2.00 bits per heavy atom. The van der Waals surface area contributed by atoms with Crippen LogP contribution in [0, 0.1) is 0 Å². The predicted octanol–water partition coefficient (Wildman–Crippen LogP) is -0.0781. The van der Waals surface area contributed by atoms with Gasteiger partial charge in [-0.2, -0.15) is 0 Å². The maximum Gasteiger partial charge on any atom is 0.311 e. The number of ether oxygens (including phenoxy) is 1. The SMILES string of the molecule is COC(=O)CC[NH+]1CCN(c2ccc3ccccc3[nH+]2)CC1. The van der Waals surface area contributed by atoms with Crippen LogP contribution in [-0.4, -0.2) is 45.8 Å². The van der Waals surface area contributed by atoms with Gasteiger partial charge in [-0.1, -0.05) is 18.2 Å². The fraction of sp³-hybridized carbons (Fsp3) is 0.412. The first-order valence-corrected chi connectivity index (χ1v) is 7.82. The first kappa shape index (κ1) is 14.8. The molecule has 0 unspecified atom stereocenters. The highest BCUT2D eigenvalue weighted by molar-refractivity contribution is 5.76. The van der Waals surface area contributed by atoms with Gasteiger partial charge in [0.15, 0.2) is 0 Å². The molecule has 0 saturated carbocycles. The van der Waals surface area contributed by atoms with Crippen LogP contribution in [0.15, 0.2) is 36.4 Å². The number of aromatic nitrogens is 1. The summed E-state index contributed by atoms with van der Waals surface area (Å²) < 4.78 is 4.70. The average Bonchev–Trinajstić information content (AvgIpc) is 2.59. The van der Waals surface area contributed by atoms with Gasteiger partial charge in [-0.05, 0) is 12.1 Å². The molecule has 116 valence electrons. The quantitative estimate of drug-likeness (QED) is 0.804. The number of anilines is 1. The zero-order valence-corrected chi connectivity index (χ0v) is 13.0. The molecular formula is C17H23N3O2+2. The van der Waals surface area contributed by atoms with Crippen molar-refractivity contribution in [3.8, 4) is 0 Å². The molecule has 0 radical (unpaired) electrons. The number of methoxy groups -OCH3 is 1. The lowest BCUT2D eigenvalue weighted by Gasteiger charge is -2.28. The summed E-state index contributed by atoms with van der Waals surface area (Å²) in [5.74, 6) is 1.06. The molecule has 1 aromatic carbocycles. The number of carbonyl (C=O) groups excluding carboxylic acids is 1. The molecule has 1 aliphatic rings. The van der Waals surface area contributed by atoms with Crippen molar-refractivity contribution in [1.29, 1.82) is 0 Å². The fourth-order valence-electron chi connectivity index (χ4n) is 2.98. The van der Waals surface area contributed by atoms with Gasteiger partial charge in [0.2, 0.25) is 0 Å². The molecule has 0 aliphatic carbocycles. The van der Waals surface area contributed by atoms with E-state index in [1.54, 1.807) is 0 Å². The monoisotopic (exact) mass is 301 g/mol. The number of fused-ring (bicyclic) bond motifs is 1.